The quantitative estimate of drug-likeness (QED) is 0.178. The molecule has 61 heavy (non-hydrogen) atoms. The number of aliphatic imine (C=N–C) groups is 1. The zero-order valence-electron chi connectivity index (χ0n) is 39.8. The van der Waals surface area contributed by atoms with Gasteiger partial charge in [-0.2, -0.15) is 0 Å². The summed E-state index contributed by atoms with van der Waals surface area (Å²) >= 11 is 0. The fourth-order valence-corrected chi connectivity index (χ4v) is 10.1. The molecule has 4 heterocycles. The van der Waals surface area contributed by atoms with Gasteiger partial charge in [0.05, 0.1) is 53.7 Å². The SMILES string of the molecule is CC[C@H]1OC(=O)[C@H](C)[C@@H](O[C@H]2C[C@@](C)(OC)[C@@H](O)[C@H](C)O2)[C@H](C)[C@@H](O[C@@H]2O[C@H](C)C[C@H]3[C@H]2OC(=NCCCN(CC)CC)N3C)[C@](C)(OC)C[C@@H](C)C(=O)[C@H](C)[C@@H](O)[C@]1(C)O. The van der Waals surface area contributed by atoms with Gasteiger partial charge in [-0.15, -0.1) is 0 Å². The Morgan fingerprint density at radius 2 is 1.51 bits per heavy atom. The minimum Gasteiger partial charge on any atom is -0.459 e. The van der Waals surface area contributed by atoms with Crippen molar-refractivity contribution in [2.75, 3.05) is 47.4 Å². The van der Waals surface area contributed by atoms with Gasteiger partial charge in [0, 0.05) is 52.0 Å². The lowest BCUT2D eigenvalue weighted by Crippen LogP contribution is -2.61. The summed E-state index contributed by atoms with van der Waals surface area (Å²) in [5.41, 5.74) is -4.22. The topological polar surface area (TPSA) is 188 Å². The van der Waals surface area contributed by atoms with Crippen LogP contribution in [-0.4, -0.2) is 175 Å². The van der Waals surface area contributed by atoms with Crippen molar-refractivity contribution in [1.29, 1.82) is 0 Å². The van der Waals surface area contributed by atoms with E-state index in [9.17, 15) is 24.9 Å². The standard InChI is InChI=1S/C45H81N3O13/c1-16-32-45(12,53)37(50)27(6)34(49)25(4)23-44(11,55-15)39(28(7)35(29(8)40(52)58-32)59-33-24-43(10,54-14)38(51)30(9)57-33)61-41-36-31(22-26(5)56-41)47(13)42(60-36)46-20-19-21-48(17-2)18-3/h25-33,35-39,41,50-51,53H,16-24H2,1-15H3/t25-,26-,27+,28+,29-,30+,31+,32-,33+,35+,36-,37-,38+,39-,41+,43-,44-,45-/m1/s1. The molecule has 4 aliphatic heterocycles. The van der Waals surface area contributed by atoms with Gasteiger partial charge in [0.15, 0.2) is 18.7 Å². The van der Waals surface area contributed by atoms with E-state index < -0.39 is 102 Å². The third-order valence-corrected chi connectivity index (χ3v) is 14.4. The summed E-state index contributed by atoms with van der Waals surface area (Å²) in [7, 11) is 5.05. The second-order valence-electron chi connectivity index (χ2n) is 18.9. The van der Waals surface area contributed by atoms with E-state index in [0.29, 0.717) is 19.0 Å². The number of methoxy groups -OCH3 is 2. The molecule has 0 aromatic heterocycles. The molecule has 0 bridgehead atoms. The van der Waals surface area contributed by atoms with E-state index in [4.69, 9.17) is 42.9 Å². The third kappa shape index (κ3) is 11.3. The van der Waals surface area contributed by atoms with E-state index in [1.54, 1.807) is 48.7 Å². The molecular weight excluding hydrogens is 791 g/mol. The van der Waals surface area contributed by atoms with Gasteiger partial charge < -0.3 is 63.0 Å². The molecule has 4 saturated heterocycles. The van der Waals surface area contributed by atoms with E-state index >= 15 is 0 Å². The van der Waals surface area contributed by atoms with E-state index in [1.807, 2.05) is 27.8 Å². The number of ketones is 1. The Morgan fingerprint density at radius 1 is 0.869 bits per heavy atom. The van der Waals surface area contributed by atoms with Gasteiger partial charge in [0.25, 0.3) is 6.02 Å². The minimum atomic E-state index is -1.97. The van der Waals surface area contributed by atoms with E-state index in [2.05, 4.69) is 23.6 Å². The Hall–Kier alpha value is -1.99. The highest BCUT2D eigenvalue weighted by Crippen LogP contribution is 2.43. The predicted molar refractivity (Wildman–Crippen MR) is 229 cm³/mol. The Morgan fingerprint density at radius 3 is 2.10 bits per heavy atom. The fourth-order valence-electron chi connectivity index (χ4n) is 10.1. The van der Waals surface area contributed by atoms with Crippen molar-refractivity contribution in [2.24, 2.45) is 28.7 Å². The van der Waals surface area contributed by atoms with Gasteiger partial charge in [-0.05, 0) is 86.9 Å². The van der Waals surface area contributed by atoms with Gasteiger partial charge in [-0.25, -0.2) is 4.99 Å². The summed E-state index contributed by atoms with van der Waals surface area (Å²) < 4.78 is 51.7. The van der Waals surface area contributed by atoms with Crippen LogP contribution >= 0.6 is 0 Å². The zero-order chi connectivity index (χ0) is 45.8. The number of ether oxygens (including phenoxy) is 8. The number of cyclic esters (lactones) is 1. The predicted octanol–water partition coefficient (Wildman–Crippen LogP) is 3.94. The summed E-state index contributed by atoms with van der Waals surface area (Å²) in [6.07, 6.45) is -6.91. The second kappa shape index (κ2) is 21.3. The van der Waals surface area contributed by atoms with Crippen LogP contribution in [0.5, 0.6) is 0 Å². The third-order valence-electron chi connectivity index (χ3n) is 14.4. The summed E-state index contributed by atoms with van der Waals surface area (Å²) in [6.45, 7) is 25.2. The van der Waals surface area contributed by atoms with E-state index in [1.165, 1.54) is 14.0 Å². The van der Waals surface area contributed by atoms with Crippen LogP contribution in [0.1, 0.15) is 115 Å². The van der Waals surface area contributed by atoms with Gasteiger partial charge >= 0.3 is 5.97 Å². The van der Waals surface area contributed by atoms with Crippen LogP contribution in [-0.2, 0) is 47.5 Å². The second-order valence-corrected chi connectivity index (χ2v) is 18.9. The monoisotopic (exact) mass is 872 g/mol. The highest BCUT2D eigenvalue weighted by Gasteiger charge is 2.56. The van der Waals surface area contributed by atoms with Crippen molar-refractivity contribution in [2.45, 2.75) is 199 Å². The van der Waals surface area contributed by atoms with Crippen LogP contribution in [0.3, 0.4) is 0 Å². The van der Waals surface area contributed by atoms with E-state index in [-0.39, 0.29) is 37.2 Å². The molecule has 0 unspecified atom stereocenters. The fraction of sp³-hybridized carbons (Fsp3) is 0.933. The number of likely N-dealkylation sites (N-methyl/N-ethyl adjacent to an activating group) is 1. The number of carbonyl (C=O) groups is 2. The van der Waals surface area contributed by atoms with Crippen LogP contribution in [0, 0.1) is 23.7 Å². The molecule has 354 valence electrons. The van der Waals surface area contributed by atoms with E-state index in [0.717, 1.165) is 26.1 Å². The molecule has 0 spiro atoms. The molecule has 0 saturated carbocycles. The Labute approximate surface area is 365 Å². The molecule has 4 fully saturated rings. The van der Waals surface area contributed by atoms with Gasteiger partial charge in [-0.3, -0.25) is 9.59 Å². The number of Topliss-reactive ketones (excluding diaryl/α,β-unsaturated/α-hetero) is 1. The molecule has 3 N–H and O–H groups in total. The maximum absolute atomic E-state index is 14.4. The number of aliphatic hydroxyl groups is 3. The van der Waals surface area contributed by atoms with Crippen LogP contribution in [0.25, 0.3) is 0 Å². The van der Waals surface area contributed by atoms with Crippen molar-refractivity contribution in [3.63, 3.8) is 0 Å². The first-order valence-corrected chi connectivity index (χ1v) is 22.7. The number of hydrogen-bond acceptors (Lipinski definition) is 15. The molecule has 0 aromatic carbocycles. The highest BCUT2D eigenvalue weighted by atomic mass is 16.7. The normalized spacial score (nSPS) is 45.1. The molecule has 0 amide bonds. The smallest absolute Gasteiger partial charge is 0.311 e. The number of rotatable bonds is 13. The number of amidine groups is 1. The number of hydrogen-bond donors (Lipinski definition) is 3. The lowest BCUT2D eigenvalue weighted by Gasteiger charge is -2.49. The van der Waals surface area contributed by atoms with Crippen LogP contribution in [0.15, 0.2) is 4.99 Å². The summed E-state index contributed by atoms with van der Waals surface area (Å²) in [4.78, 5) is 37.9. The van der Waals surface area contributed by atoms with Crippen molar-refractivity contribution >= 4 is 17.8 Å². The molecule has 0 aromatic rings. The zero-order valence-corrected chi connectivity index (χ0v) is 39.8. The molecule has 16 nitrogen and oxygen atoms in total. The number of carbonyl (C=O) groups excluding carboxylic acids is 2. The van der Waals surface area contributed by atoms with Crippen LogP contribution in [0.4, 0.5) is 0 Å². The molecule has 4 aliphatic rings. The molecule has 4 rings (SSSR count). The lowest BCUT2D eigenvalue weighted by atomic mass is 9.74. The number of esters is 1. The average Bonchev–Trinajstić information content (AvgIpc) is 3.54. The first-order valence-electron chi connectivity index (χ1n) is 22.7. The molecule has 0 radical (unpaired) electrons. The van der Waals surface area contributed by atoms with Gasteiger partial charge in [0.1, 0.15) is 23.6 Å². The Balaban J connectivity index is 1.81. The van der Waals surface area contributed by atoms with Crippen molar-refractivity contribution in [3.8, 4) is 0 Å². The molecule has 0 aliphatic carbocycles. The molecule has 16 heteroatoms. The maximum Gasteiger partial charge on any atom is 0.311 e. The summed E-state index contributed by atoms with van der Waals surface area (Å²) in [5, 5.41) is 34.4. The van der Waals surface area contributed by atoms with Crippen molar-refractivity contribution in [3.05, 3.63) is 0 Å². The number of fused-ring (bicyclic) bond motifs is 1. The largest absolute Gasteiger partial charge is 0.459 e. The maximum atomic E-state index is 14.4. The van der Waals surface area contributed by atoms with Gasteiger partial charge in [-0.1, -0.05) is 41.5 Å². The van der Waals surface area contributed by atoms with Crippen LogP contribution in [0.2, 0.25) is 0 Å². The van der Waals surface area contributed by atoms with Gasteiger partial charge in [0.2, 0.25) is 0 Å². The summed E-state index contributed by atoms with van der Waals surface area (Å²) in [6, 6.07) is 0.405. The molecular formula is C45H81N3O13. The average molecular weight is 872 g/mol. The first kappa shape index (κ1) is 51.6. The lowest BCUT2D eigenvalue weighted by molar-refractivity contribution is -0.315. The Kier molecular flexibility index (Phi) is 18.1. The Bertz CT molecular complexity index is 1470. The molecule has 18 atom stereocenters. The van der Waals surface area contributed by atoms with Crippen molar-refractivity contribution < 1.29 is 62.8 Å². The first-order chi connectivity index (χ1) is 28.5. The number of nitrogens with zero attached hydrogens (tertiary/aromatic N) is 3. The summed E-state index contributed by atoms with van der Waals surface area (Å²) in [5.74, 6) is -4.37. The highest BCUT2D eigenvalue weighted by molar-refractivity contribution is 5.83. The van der Waals surface area contributed by atoms with Crippen molar-refractivity contribution in [1.82, 2.24) is 9.80 Å². The number of aliphatic hydroxyl groups excluding tert-OH is 2. The van der Waals surface area contributed by atoms with Crippen LogP contribution < -0.4 is 0 Å². The minimum absolute atomic E-state index is 0.115.